The Morgan fingerprint density at radius 2 is 2.25 bits per heavy atom. The van der Waals surface area contributed by atoms with Crippen LogP contribution in [0.25, 0.3) is 0 Å². The van der Waals surface area contributed by atoms with Crippen LogP contribution in [0.5, 0.6) is 0 Å². The van der Waals surface area contributed by atoms with Gasteiger partial charge >= 0.3 is 0 Å². The van der Waals surface area contributed by atoms with Crippen LogP contribution >= 0.6 is 0 Å². The van der Waals surface area contributed by atoms with E-state index in [-0.39, 0.29) is 17.9 Å². The van der Waals surface area contributed by atoms with Crippen molar-refractivity contribution < 1.29 is 9.59 Å². The van der Waals surface area contributed by atoms with E-state index in [9.17, 15) is 9.59 Å². The first-order valence-electron chi connectivity index (χ1n) is 4.06. The molecule has 12 heavy (non-hydrogen) atoms. The molecule has 0 aliphatic carbocycles. The number of amides is 2. The summed E-state index contributed by atoms with van der Waals surface area (Å²) in [5.41, 5.74) is 5.40. The van der Waals surface area contributed by atoms with Crippen LogP contribution in [-0.2, 0) is 9.59 Å². The van der Waals surface area contributed by atoms with Gasteiger partial charge in [-0.05, 0) is 12.8 Å². The number of hydrogen-bond acceptors (Lipinski definition) is 3. The summed E-state index contributed by atoms with van der Waals surface area (Å²) in [5, 5.41) is 2.45. The Balaban J connectivity index is 2.23. The fourth-order valence-electron chi connectivity index (χ4n) is 1.79. The molecule has 2 aliphatic heterocycles. The highest BCUT2D eigenvalue weighted by molar-refractivity contribution is 5.96. The second-order valence-corrected chi connectivity index (χ2v) is 3.18. The van der Waals surface area contributed by atoms with Gasteiger partial charge in [-0.25, -0.2) is 0 Å². The zero-order valence-electron chi connectivity index (χ0n) is 6.62. The molecule has 0 spiro atoms. The zero-order valence-corrected chi connectivity index (χ0v) is 6.62. The Bertz CT molecular complexity index is 241. The number of carbonyl (C=O) groups is 2. The van der Waals surface area contributed by atoms with Crippen LogP contribution < -0.4 is 11.1 Å². The maximum atomic E-state index is 11.3. The van der Waals surface area contributed by atoms with Gasteiger partial charge in [-0.15, -0.1) is 0 Å². The highest BCUT2D eigenvalue weighted by atomic mass is 16.2. The summed E-state index contributed by atoms with van der Waals surface area (Å²) in [6.07, 6.45) is 0.841. The smallest absolute Gasteiger partial charge is 0.260 e. The van der Waals surface area contributed by atoms with Gasteiger partial charge in [0.1, 0.15) is 6.04 Å². The second-order valence-electron chi connectivity index (χ2n) is 3.18. The number of hydrogen-bond donors (Lipinski definition) is 2. The van der Waals surface area contributed by atoms with E-state index in [0.717, 1.165) is 12.8 Å². The number of nitrogens with two attached hydrogens (primary N) is 1. The minimum atomic E-state index is -0.827. The third-order valence-electron chi connectivity index (χ3n) is 2.40. The van der Waals surface area contributed by atoms with Crippen LogP contribution in [0.1, 0.15) is 12.8 Å². The highest BCUT2D eigenvalue weighted by Crippen LogP contribution is 2.20. The summed E-state index contributed by atoms with van der Waals surface area (Å²) in [4.78, 5) is 24.2. The molecule has 2 aliphatic rings. The molecule has 3 N–H and O–H groups in total. The molecule has 0 aromatic rings. The van der Waals surface area contributed by atoms with Crippen molar-refractivity contribution in [3.63, 3.8) is 0 Å². The van der Waals surface area contributed by atoms with E-state index in [1.165, 1.54) is 0 Å². The van der Waals surface area contributed by atoms with Gasteiger partial charge in [-0.2, -0.15) is 0 Å². The summed E-state index contributed by atoms with van der Waals surface area (Å²) >= 11 is 0. The van der Waals surface area contributed by atoms with Crippen LogP contribution in [-0.4, -0.2) is 35.5 Å². The van der Waals surface area contributed by atoms with E-state index in [1.54, 1.807) is 4.90 Å². The van der Waals surface area contributed by atoms with Gasteiger partial charge in [-0.3, -0.25) is 9.59 Å². The van der Waals surface area contributed by atoms with Crippen LogP contribution in [0, 0.1) is 0 Å². The van der Waals surface area contributed by atoms with Gasteiger partial charge in [0.05, 0.1) is 0 Å². The number of piperazine rings is 1. The van der Waals surface area contributed by atoms with Crippen LogP contribution in [0.2, 0.25) is 0 Å². The monoisotopic (exact) mass is 169 g/mol. The summed E-state index contributed by atoms with van der Waals surface area (Å²) < 4.78 is 0. The third kappa shape index (κ3) is 0.896. The van der Waals surface area contributed by atoms with Crippen LogP contribution in [0.3, 0.4) is 0 Å². The fourth-order valence-corrected chi connectivity index (χ4v) is 1.79. The summed E-state index contributed by atoms with van der Waals surface area (Å²) in [6, 6.07) is -0.253. The Morgan fingerprint density at radius 1 is 1.50 bits per heavy atom. The molecule has 2 heterocycles. The molecule has 2 rings (SSSR count). The minimum Gasteiger partial charge on any atom is -0.331 e. The number of nitrogens with one attached hydrogen (secondary N) is 1. The predicted octanol–water partition coefficient (Wildman–Crippen LogP) is -1.61. The molecule has 5 heteroatoms. The van der Waals surface area contributed by atoms with Crippen molar-refractivity contribution in [3.05, 3.63) is 0 Å². The first kappa shape index (κ1) is 7.54. The van der Waals surface area contributed by atoms with Crippen molar-refractivity contribution in [2.75, 3.05) is 6.54 Å². The number of rotatable bonds is 0. The van der Waals surface area contributed by atoms with Crippen LogP contribution in [0.15, 0.2) is 0 Å². The maximum Gasteiger partial charge on any atom is 0.260 e. The van der Waals surface area contributed by atoms with E-state index in [0.29, 0.717) is 6.54 Å². The number of fused-ring (bicyclic) bond motifs is 1. The largest absolute Gasteiger partial charge is 0.331 e. The van der Waals surface area contributed by atoms with Crippen molar-refractivity contribution in [2.24, 2.45) is 5.73 Å². The topological polar surface area (TPSA) is 75.4 Å². The van der Waals surface area contributed by atoms with Gasteiger partial charge in [0.15, 0.2) is 6.17 Å². The van der Waals surface area contributed by atoms with E-state index in [1.807, 2.05) is 0 Å². The van der Waals surface area contributed by atoms with Crippen molar-refractivity contribution >= 4 is 11.8 Å². The average Bonchev–Trinajstić information content (AvgIpc) is 2.48. The van der Waals surface area contributed by atoms with Crippen molar-refractivity contribution in [1.29, 1.82) is 0 Å². The van der Waals surface area contributed by atoms with E-state index in [4.69, 9.17) is 5.73 Å². The van der Waals surface area contributed by atoms with Crippen molar-refractivity contribution in [3.8, 4) is 0 Å². The van der Waals surface area contributed by atoms with Gasteiger partial charge in [0, 0.05) is 6.54 Å². The van der Waals surface area contributed by atoms with Gasteiger partial charge in [0.2, 0.25) is 5.91 Å². The molecule has 66 valence electrons. The van der Waals surface area contributed by atoms with E-state index in [2.05, 4.69) is 5.32 Å². The molecule has 2 amide bonds. The fraction of sp³-hybridized carbons (Fsp3) is 0.714. The standard InChI is InChI=1S/C7H11N3O2/c8-5-7(12)10-3-1-2-4(10)6(11)9-5/h4-5H,1-3,8H2,(H,9,11). The third-order valence-corrected chi connectivity index (χ3v) is 2.40. The molecule has 2 fully saturated rings. The lowest BCUT2D eigenvalue weighted by molar-refractivity contribution is -0.146. The first-order valence-corrected chi connectivity index (χ1v) is 4.06. The SMILES string of the molecule is NC1NC(=O)C2CCCN2C1=O. The van der Waals surface area contributed by atoms with Gasteiger partial charge in [0.25, 0.3) is 5.91 Å². The summed E-state index contributed by atoms with van der Waals surface area (Å²) in [5.74, 6) is -0.267. The molecule has 2 saturated heterocycles. The van der Waals surface area contributed by atoms with Gasteiger partial charge < -0.3 is 16.0 Å². The lowest BCUT2D eigenvalue weighted by Gasteiger charge is -2.32. The lowest BCUT2D eigenvalue weighted by Crippen LogP contribution is -2.64. The normalized spacial score (nSPS) is 34.9. The molecule has 5 nitrogen and oxygen atoms in total. The Morgan fingerprint density at radius 3 is 3.00 bits per heavy atom. The summed E-state index contributed by atoms with van der Waals surface area (Å²) in [7, 11) is 0. The van der Waals surface area contributed by atoms with Gasteiger partial charge in [-0.1, -0.05) is 0 Å². The molecule has 0 bridgehead atoms. The first-order chi connectivity index (χ1) is 5.70. The molecular weight excluding hydrogens is 158 g/mol. The molecule has 0 saturated carbocycles. The quantitative estimate of drug-likeness (QED) is 0.458. The second kappa shape index (κ2) is 2.45. The molecule has 0 aromatic heterocycles. The molecular formula is C7H11N3O2. The lowest BCUT2D eigenvalue weighted by atomic mass is 10.1. The molecule has 0 radical (unpaired) electrons. The number of nitrogens with zero attached hydrogens (tertiary/aromatic N) is 1. The molecule has 0 aromatic carbocycles. The van der Waals surface area contributed by atoms with Crippen LogP contribution in [0.4, 0.5) is 0 Å². The maximum absolute atomic E-state index is 11.3. The average molecular weight is 169 g/mol. The minimum absolute atomic E-state index is 0.111. The Labute approximate surface area is 69.9 Å². The van der Waals surface area contributed by atoms with Crippen molar-refractivity contribution in [1.82, 2.24) is 10.2 Å². The molecule has 2 unspecified atom stereocenters. The summed E-state index contributed by atoms with van der Waals surface area (Å²) in [6.45, 7) is 0.671. The highest BCUT2D eigenvalue weighted by Gasteiger charge is 2.41. The Hall–Kier alpha value is -1.10. The van der Waals surface area contributed by atoms with E-state index < -0.39 is 6.17 Å². The van der Waals surface area contributed by atoms with Crippen molar-refractivity contribution in [2.45, 2.75) is 25.0 Å². The zero-order chi connectivity index (χ0) is 8.72. The van der Waals surface area contributed by atoms with E-state index >= 15 is 0 Å². The number of carbonyl (C=O) groups excluding carboxylic acids is 2. The predicted molar refractivity (Wildman–Crippen MR) is 40.9 cm³/mol. The Kier molecular flexibility index (Phi) is 1.54. The molecule has 2 atom stereocenters.